The highest BCUT2D eigenvalue weighted by Gasteiger charge is 2.21. The maximum atomic E-state index is 11.9. The number of rotatable bonds is 5. The first kappa shape index (κ1) is 14.2. The molecule has 1 amide bonds. The third-order valence-corrected chi connectivity index (χ3v) is 2.62. The molecule has 0 aliphatic heterocycles. The van der Waals surface area contributed by atoms with Crippen molar-refractivity contribution in [3.8, 4) is 0 Å². The van der Waals surface area contributed by atoms with Crippen LogP contribution in [-0.4, -0.2) is 23.0 Å². The Balaban J connectivity index is 2.72. The third-order valence-electron chi connectivity index (χ3n) is 2.62. The molecule has 4 heteroatoms. The second kappa shape index (κ2) is 6.19. The van der Waals surface area contributed by atoms with Crippen molar-refractivity contribution in [3.05, 3.63) is 35.4 Å². The van der Waals surface area contributed by atoms with Gasteiger partial charge in [0, 0.05) is 5.56 Å². The zero-order valence-electron chi connectivity index (χ0n) is 10.9. The van der Waals surface area contributed by atoms with Crippen LogP contribution in [0.2, 0.25) is 0 Å². The fourth-order valence-electron chi connectivity index (χ4n) is 1.64. The molecule has 0 bridgehead atoms. The molecular weight excluding hydrogens is 230 g/mol. The van der Waals surface area contributed by atoms with E-state index in [4.69, 9.17) is 5.11 Å². The Bertz CT molecular complexity index is 423. The lowest BCUT2D eigenvalue weighted by Crippen LogP contribution is -2.41. The van der Waals surface area contributed by atoms with Crippen molar-refractivity contribution in [2.45, 2.75) is 33.2 Å². The summed E-state index contributed by atoms with van der Waals surface area (Å²) in [6.07, 6.45) is 0.424. The van der Waals surface area contributed by atoms with E-state index in [1.54, 1.807) is 12.1 Å². The van der Waals surface area contributed by atoms with E-state index in [9.17, 15) is 9.59 Å². The summed E-state index contributed by atoms with van der Waals surface area (Å²) in [5.74, 6) is -1.13. The highest BCUT2D eigenvalue weighted by Crippen LogP contribution is 2.07. The first-order chi connectivity index (χ1) is 8.40. The summed E-state index contributed by atoms with van der Waals surface area (Å²) in [6, 6.07) is 6.21. The zero-order valence-corrected chi connectivity index (χ0v) is 10.9. The second-order valence-corrected chi connectivity index (χ2v) is 4.86. The summed E-state index contributed by atoms with van der Waals surface area (Å²) in [7, 11) is 0. The van der Waals surface area contributed by atoms with Gasteiger partial charge in [-0.15, -0.1) is 0 Å². The Kier molecular flexibility index (Phi) is 4.89. The normalized spacial score (nSPS) is 12.2. The molecule has 1 aromatic rings. The van der Waals surface area contributed by atoms with Crippen molar-refractivity contribution in [1.29, 1.82) is 0 Å². The zero-order chi connectivity index (χ0) is 13.7. The number of aryl methyl sites for hydroxylation is 1. The predicted octanol–water partition coefficient (Wildman–Crippen LogP) is 2.22. The lowest BCUT2D eigenvalue weighted by molar-refractivity contribution is -0.139. The first-order valence-corrected chi connectivity index (χ1v) is 6.00. The van der Waals surface area contributed by atoms with Crippen molar-refractivity contribution in [3.63, 3.8) is 0 Å². The van der Waals surface area contributed by atoms with Gasteiger partial charge in [-0.1, -0.05) is 31.5 Å². The smallest absolute Gasteiger partial charge is 0.326 e. The molecule has 0 heterocycles. The van der Waals surface area contributed by atoms with Gasteiger partial charge < -0.3 is 10.4 Å². The van der Waals surface area contributed by atoms with Gasteiger partial charge in [0.15, 0.2) is 0 Å². The van der Waals surface area contributed by atoms with Crippen molar-refractivity contribution >= 4 is 11.9 Å². The van der Waals surface area contributed by atoms with E-state index >= 15 is 0 Å². The number of aliphatic carboxylic acids is 1. The summed E-state index contributed by atoms with van der Waals surface area (Å²) in [6.45, 7) is 5.78. The lowest BCUT2D eigenvalue weighted by Gasteiger charge is -2.16. The largest absolute Gasteiger partial charge is 0.480 e. The Morgan fingerprint density at radius 2 is 1.78 bits per heavy atom. The summed E-state index contributed by atoms with van der Waals surface area (Å²) in [5.41, 5.74) is 1.54. The van der Waals surface area contributed by atoms with E-state index in [1.807, 2.05) is 32.9 Å². The number of nitrogens with one attached hydrogen (secondary N) is 1. The van der Waals surface area contributed by atoms with Crippen molar-refractivity contribution in [2.75, 3.05) is 0 Å². The number of benzene rings is 1. The highest BCUT2D eigenvalue weighted by atomic mass is 16.4. The molecule has 0 radical (unpaired) electrons. The minimum Gasteiger partial charge on any atom is -0.480 e. The summed E-state index contributed by atoms with van der Waals surface area (Å²) >= 11 is 0. The van der Waals surface area contributed by atoms with Crippen LogP contribution < -0.4 is 5.32 Å². The molecule has 0 fully saturated rings. The molecule has 0 aliphatic rings. The lowest BCUT2D eigenvalue weighted by atomic mass is 10.0. The fourth-order valence-corrected chi connectivity index (χ4v) is 1.64. The fraction of sp³-hybridized carbons (Fsp3) is 0.429. The molecule has 98 valence electrons. The number of amides is 1. The third kappa shape index (κ3) is 4.20. The van der Waals surface area contributed by atoms with E-state index in [-0.39, 0.29) is 11.8 Å². The number of carbonyl (C=O) groups excluding carboxylic acids is 1. The average molecular weight is 249 g/mol. The first-order valence-electron chi connectivity index (χ1n) is 6.00. The van der Waals surface area contributed by atoms with Gasteiger partial charge in [-0.05, 0) is 31.4 Å². The number of carboxylic acids is 1. The van der Waals surface area contributed by atoms with Gasteiger partial charge >= 0.3 is 5.97 Å². The molecule has 2 N–H and O–H groups in total. The van der Waals surface area contributed by atoms with E-state index in [2.05, 4.69) is 5.32 Å². The molecular formula is C14H19NO3. The molecule has 1 atom stereocenters. The van der Waals surface area contributed by atoms with Crippen LogP contribution in [0.25, 0.3) is 0 Å². The van der Waals surface area contributed by atoms with Gasteiger partial charge in [0.2, 0.25) is 0 Å². The number of carbonyl (C=O) groups is 2. The molecule has 1 rings (SSSR count). The van der Waals surface area contributed by atoms with Crippen molar-refractivity contribution in [2.24, 2.45) is 5.92 Å². The van der Waals surface area contributed by atoms with Gasteiger partial charge in [-0.25, -0.2) is 4.79 Å². The topological polar surface area (TPSA) is 66.4 Å². The van der Waals surface area contributed by atoms with Gasteiger partial charge in [-0.3, -0.25) is 4.79 Å². The van der Waals surface area contributed by atoms with E-state index in [0.29, 0.717) is 12.0 Å². The van der Waals surface area contributed by atoms with Crippen molar-refractivity contribution in [1.82, 2.24) is 5.32 Å². The molecule has 0 aromatic heterocycles. The molecule has 1 aromatic carbocycles. The Morgan fingerprint density at radius 1 is 1.22 bits per heavy atom. The molecule has 0 spiro atoms. The monoisotopic (exact) mass is 249 g/mol. The van der Waals surface area contributed by atoms with Crippen LogP contribution in [0.3, 0.4) is 0 Å². The molecule has 4 nitrogen and oxygen atoms in total. The van der Waals surface area contributed by atoms with Crippen LogP contribution >= 0.6 is 0 Å². The minimum atomic E-state index is -0.996. The van der Waals surface area contributed by atoms with Crippen molar-refractivity contribution < 1.29 is 14.7 Å². The summed E-state index contributed by atoms with van der Waals surface area (Å²) < 4.78 is 0. The Labute approximate surface area is 107 Å². The SMILES string of the molecule is Cc1ccc(C(=O)NC(CC(C)C)C(=O)O)cc1. The Morgan fingerprint density at radius 3 is 2.22 bits per heavy atom. The van der Waals surface area contributed by atoms with E-state index < -0.39 is 12.0 Å². The van der Waals surface area contributed by atoms with Gasteiger partial charge in [-0.2, -0.15) is 0 Å². The summed E-state index contributed by atoms with van der Waals surface area (Å²) in [4.78, 5) is 22.9. The standard InChI is InChI=1S/C14H19NO3/c1-9(2)8-12(14(17)18)15-13(16)11-6-4-10(3)5-7-11/h4-7,9,12H,8H2,1-3H3,(H,15,16)(H,17,18). The highest BCUT2D eigenvalue weighted by molar-refractivity contribution is 5.96. The van der Waals surface area contributed by atoms with Crippen LogP contribution in [0.1, 0.15) is 36.2 Å². The number of carboxylic acid groups (broad SMARTS) is 1. The van der Waals surface area contributed by atoms with Gasteiger partial charge in [0.1, 0.15) is 6.04 Å². The van der Waals surface area contributed by atoms with Crippen LogP contribution in [0.5, 0.6) is 0 Å². The second-order valence-electron chi connectivity index (χ2n) is 4.86. The van der Waals surface area contributed by atoms with E-state index in [1.165, 1.54) is 0 Å². The molecule has 18 heavy (non-hydrogen) atoms. The molecule has 0 saturated carbocycles. The molecule has 1 unspecified atom stereocenters. The maximum Gasteiger partial charge on any atom is 0.326 e. The molecule has 0 aliphatic carbocycles. The van der Waals surface area contributed by atoms with Crippen LogP contribution in [-0.2, 0) is 4.79 Å². The quantitative estimate of drug-likeness (QED) is 0.841. The van der Waals surface area contributed by atoms with Gasteiger partial charge in [0.25, 0.3) is 5.91 Å². The van der Waals surface area contributed by atoms with E-state index in [0.717, 1.165) is 5.56 Å². The Hall–Kier alpha value is -1.84. The number of hydrogen-bond donors (Lipinski definition) is 2. The predicted molar refractivity (Wildman–Crippen MR) is 69.5 cm³/mol. The van der Waals surface area contributed by atoms with Crippen LogP contribution in [0.4, 0.5) is 0 Å². The summed E-state index contributed by atoms with van der Waals surface area (Å²) in [5, 5.41) is 11.6. The van der Waals surface area contributed by atoms with Crippen LogP contribution in [0.15, 0.2) is 24.3 Å². The average Bonchev–Trinajstić information content (AvgIpc) is 2.28. The molecule has 0 saturated heterocycles. The van der Waals surface area contributed by atoms with Gasteiger partial charge in [0.05, 0.1) is 0 Å². The van der Waals surface area contributed by atoms with Crippen LogP contribution in [0, 0.1) is 12.8 Å². The maximum absolute atomic E-state index is 11.9. The minimum absolute atomic E-state index is 0.212. The number of hydrogen-bond acceptors (Lipinski definition) is 2.